The Labute approximate surface area is 86.8 Å². The van der Waals surface area contributed by atoms with Gasteiger partial charge in [-0.2, -0.15) is 5.10 Å². The maximum Gasteiger partial charge on any atom is 0.180 e. The Morgan fingerprint density at radius 3 is 3.29 bits per heavy atom. The molecule has 1 fully saturated rings. The number of hydrogen-bond donors (Lipinski definition) is 0. The van der Waals surface area contributed by atoms with E-state index in [4.69, 9.17) is 16.3 Å². The lowest BCUT2D eigenvalue weighted by molar-refractivity contribution is 0.102. The molecule has 0 spiro atoms. The average Bonchev–Trinajstić information content (AvgIpc) is 2.86. The Bertz CT molecular complexity index is 331. The van der Waals surface area contributed by atoms with E-state index in [1.807, 2.05) is 0 Å². The lowest BCUT2D eigenvalue weighted by Gasteiger charge is -2.06. The number of ether oxygens (including phenoxy) is 1. The van der Waals surface area contributed by atoms with E-state index < -0.39 is 0 Å². The van der Waals surface area contributed by atoms with Gasteiger partial charge in [-0.05, 0) is 6.42 Å². The SMILES string of the molecule is O=C(CCl)c1cnn([C@H]2CCOC2)c1. The number of rotatable bonds is 3. The first-order chi connectivity index (χ1) is 6.81. The van der Waals surface area contributed by atoms with Crippen molar-refractivity contribution in [2.45, 2.75) is 12.5 Å². The van der Waals surface area contributed by atoms with Gasteiger partial charge in [0.2, 0.25) is 0 Å². The monoisotopic (exact) mass is 214 g/mol. The summed E-state index contributed by atoms with van der Waals surface area (Å²) in [4.78, 5) is 11.2. The number of halogens is 1. The van der Waals surface area contributed by atoms with Crippen molar-refractivity contribution < 1.29 is 9.53 Å². The molecule has 1 aliphatic heterocycles. The van der Waals surface area contributed by atoms with Crippen LogP contribution in [-0.4, -0.2) is 34.7 Å². The molecule has 0 amide bonds. The third kappa shape index (κ3) is 1.81. The highest BCUT2D eigenvalue weighted by atomic mass is 35.5. The molecule has 0 aliphatic carbocycles. The van der Waals surface area contributed by atoms with Gasteiger partial charge in [0.1, 0.15) is 0 Å². The van der Waals surface area contributed by atoms with Gasteiger partial charge in [0.05, 0.1) is 30.3 Å². The van der Waals surface area contributed by atoms with Gasteiger partial charge in [-0.1, -0.05) is 0 Å². The maximum absolute atomic E-state index is 11.2. The van der Waals surface area contributed by atoms with Crippen LogP contribution in [0.5, 0.6) is 0 Å². The second kappa shape index (κ2) is 4.11. The van der Waals surface area contributed by atoms with Crippen LogP contribution in [0.4, 0.5) is 0 Å². The van der Waals surface area contributed by atoms with Crippen molar-refractivity contribution in [3.05, 3.63) is 18.0 Å². The minimum Gasteiger partial charge on any atom is -0.379 e. The molecule has 1 aromatic heterocycles. The van der Waals surface area contributed by atoms with E-state index in [-0.39, 0.29) is 17.7 Å². The highest BCUT2D eigenvalue weighted by Gasteiger charge is 2.19. The van der Waals surface area contributed by atoms with Gasteiger partial charge in [-0.15, -0.1) is 11.6 Å². The first-order valence-corrected chi connectivity index (χ1v) is 5.06. The van der Waals surface area contributed by atoms with Gasteiger partial charge in [-0.3, -0.25) is 9.48 Å². The number of nitrogens with zero attached hydrogens (tertiary/aromatic N) is 2. The van der Waals surface area contributed by atoms with E-state index in [1.165, 1.54) is 0 Å². The van der Waals surface area contributed by atoms with E-state index >= 15 is 0 Å². The van der Waals surface area contributed by atoms with Crippen molar-refractivity contribution in [3.8, 4) is 0 Å². The summed E-state index contributed by atoms with van der Waals surface area (Å²) in [5.41, 5.74) is 0.576. The molecule has 0 N–H and O–H groups in total. The number of aromatic nitrogens is 2. The molecule has 1 saturated heterocycles. The fourth-order valence-electron chi connectivity index (χ4n) is 1.49. The minimum atomic E-state index is -0.0863. The van der Waals surface area contributed by atoms with Crippen LogP contribution < -0.4 is 0 Å². The summed E-state index contributed by atoms with van der Waals surface area (Å²) in [6.45, 7) is 1.44. The molecule has 76 valence electrons. The summed E-state index contributed by atoms with van der Waals surface area (Å²) in [7, 11) is 0. The zero-order valence-corrected chi connectivity index (χ0v) is 8.41. The molecule has 14 heavy (non-hydrogen) atoms. The second-order valence-corrected chi connectivity index (χ2v) is 3.55. The second-order valence-electron chi connectivity index (χ2n) is 3.28. The van der Waals surface area contributed by atoms with Crippen molar-refractivity contribution in [2.75, 3.05) is 19.1 Å². The van der Waals surface area contributed by atoms with Gasteiger partial charge in [0.25, 0.3) is 0 Å². The van der Waals surface area contributed by atoms with E-state index in [0.29, 0.717) is 12.2 Å². The number of ketones is 1. The number of carbonyl (C=O) groups excluding carboxylic acids is 1. The van der Waals surface area contributed by atoms with Crippen LogP contribution in [-0.2, 0) is 4.74 Å². The number of hydrogen-bond acceptors (Lipinski definition) is 3. The topological polar surface area (TPSA) is 44.1 Å². The van der Waals surface area contributed by atoms with E-state index in [9.17, 15) is 4.79 Å². The quantitative estimate of drug-likeness (QED) is 0.562. The third-order valence-electron chi connectivity index (χ3n) is 2.32. The minimum absolute atomic E-state index is 0.00681. The Morgan fingerprint density at radius 1 is 1.79 bits per heavy atom. The normalized spacial score (nSPS) is 21.4. The fraction of sp³-hybridized carbons (Fsp3) is 0.556. The largest absolute Gasteiger partial charge is 0.379 e. The highest BCUT2D eigenvalue weighted by molar-refractivity contribution is 6.30. The third-order valence-corrected chi connectivity index (χ3v) is 2.57. The lowest BCUT2D eigenvalue weighted by atomic mass is 10.2. The van der Waals surface area contributed by atoms with Gasteiger partial charge < -0.3 is 4.74 Å². The smallest absolute Gasteiger partial charge is 0.180 e. The first kappa shape index (κ1) is 9.68. The van der Waals surface area contributed by atoms with Crippen molar-refractivity contribution in [1.29, 1.82) is 0 Å². The molecular weight excluding hydrogens is 204 g/mol. The molecule has 2 rings (SSSR count). The number of Topliss-reactive ketones (excluding diaryl/α,β-unsaturated/α-hetero) is 1. The summed E-state index contributed by atoms with van der Waals surface area (Å²) in [6.07, 6.45) is 4.25. The molecule has 1 aromatic rings. The molecule has 1 atom stereocenters. The summed E-state index contributed by atoms with van der Waals surface area (Å²) < 4.78 is 7.02. The maximum atomic E-state index is 11.2. The van der Waals surface area contributed by atoms with E-state index in [1.54, 1.807) is 17.1 Å². The summed E-state index contributed by atoms with van der Waals surface area (Å²) in [5, 5.41) is 4.12. The lowest BCUT2D eigenvalue weighted by Crippen LogP contribution is -2.09. The molecule has 4 nitrogen and oxygen atoms in total. The predicted octanol–water partition coefficient (Wildman–Crippen LogP) is 1.27. The van der Waals surface area contributed by atoms with Crippen molar-refractivity contribution in [2.24, 2.45) is 0 Å². The molecule has 0 radical (unpaired) electrons. The van der Waals surface area contributed by atoms with Crippen molar-refractivity contribution in [1.82, 2.24) is 9.78 Å². The fourth-order valence-corrected chi connectivity index (χ4v) is 1.64. The Hall–Kier alpha value is -0.870. The van der Waals surface area contributed by atoms with E-state index in [2.05, 4.69) is 5.10 Å². The average molecular weight is 215 g/mol. The molecule has 0 bridgehead atoms. The molecule has 0 saturated carbocycles. The standard InChI is InChI=1S/C9H11ClN2O2/c10-3-9(13)7-4-11-12(5-7)8-1-2-14-6-8/h4-5,8H,1-3,6H2/t8-/m0/s1. The van der Waals surface area contributed by atoms with E-state index in [0.717, 1.165) is 13.0 Å². The molecular formula is C9H11ClN2O2. The van der Waals surface area contributed by atoms with Crippen molar-refractivity contribution >= 4 is 17.4 Å². The van der Waals surface area contributed by atoms with Crippen LogP contribution in [0.1, 0.15) is 22.8 Å². The Morgan fingerprint density at radius 2 is 2.64 bits per heavy atom. The van der Waals surface area contributed by atoms with Gasteiger partial charge >= 0.3 is 0 Å². The molecule has 5 heteroatoms. The first-order valence-electron chi connectivity index (χ1n) is 4.52. The van der Waals surface area contributed by atoms with Crippen molar-refractivity contribution in [3.63, 3.8) is 0 Å². The zero-order chi connectivity index (χ0) is 9.97. The summed E-state index contributed by atoms with van der Waals surface area (Å²) in [5.74, 6) is -0.0795. The zero-order valence-electron chi connectivity index (χ0n) is 7.65. The van der Waals surface area contributed by atoms with Gasteiger partial charge in [-0.25, -0.2) is 0 Å². The van der Waals surface area contributed by atoms with Crippen LogP contribution in [0.2, 0.25) is 0 Å². The summed E-state index contributed by atoms with van der Waals surface area (Å²) >= 11 is 5.44. The summed E-state index contributed by atoms with van der Waals surface area (Å²) in [6, 6.07) is 0.270. The van der Waals surface area contributed by atoms with Crippen LogP contribution in [0.15, 0.2) is 12.4 Å². The molecule has 0 unspecified atom stereocenters. The molecule has 0 aromatic carbocycles. The molecule has 1 aliphatic rings. The van der Waals surface area contributed by atoms with Crippen LogP contribution in [0, 0.1) is 0 Å². The predicted molar refractivity (Wildman–Crippen MR) is 51.8 cm³/mol. The van der Waals surface area contributed by atoms with Crippen LogP contribution in [0.3, 0.4) is 0 Å². The van der Waals surface area contributed by atoms with Gasteiger partial charge in [0, 0.05) is 12.8 Å². The van der Waals surface area contributed by atoms with Crippen LogP contribution >= 0.6 is 11.6 Å². The molecule has 2 heterocycles. The van der Waals surface area contributed by atoms with Gasteiger partial charge in [0.15, 0.2) is 5.78 Å². The number of carbonyl (C=O) groups is 1. The highest BCUT2D eigenvalue weighted by Crippen LogP contribution is 2.18. The Kier molecular flexibility index (Phi) is 2.84. The van der Waals surface area contributed by atoms with Crippen LogP contribution in [0.25, 0.3) is 0 Å². The number of alkyl halides is 1. The Balaban J connectivity index is 2.12.